The fourth-order valence-electron chi connectivity index (χ4n) is 2.94. The number of nitrogens with one attached hydrogen (secondary N) is 2. The molecule has 0 bridgehead atoms. The van der Waals surface area contributed by atoms with Crippen molar-refractivity contribution in [1.82, 2.24) is 20.4 Å². The Balaban J connectivity index is 0.00000364. The number of ether oxygens (including phenoxy) is 1. The van der Waals surface area contributed by atoms with E-state index >= 15 is 0 Å². The smallest absolute Gasteiger partial charge is 0.193 e. The average Bonchev–Trinajstić information content (AvgIpc) is 2.63. The molecule has 7 heteroatoms. The van der Waals surface area contributed by atoms with Crippen molar-refractivity contribution in [3.63, 3.8) is 0 Å². The van der Waals surface area contributed by atoms with Gasteiger partial charge in [0.2, 0.25) is 0 Å². The molecule has 1 aliphatic heterocycles. The Labute approximate surface area is 181 Å². The summed E-state index contributed by atoms with van der Waals surface area (Å²) in [4.78, 5) is 9.22. The van der Waals surface area contributed by atoms with Gasteiger partial charge in [-0.1, -0.05) is 18.2 Å². The molecule has 1 fully saturated rings. The van der Waals surface area contributed by atoms with Crippen molar-refractivity contribution in [3.05, 3.63) is 30.3 Å². The van der Waals surface area contributed by atoms with E-state index in [1.807, 2.05) is 37.4 Å². The van der Waals surface area contributed by atoms with Crippen molar-refractivity contribution in [2.24, 2.45) is 4.99 Å². The third kappa shape index (κ3) is 9.62. The highest BCUT2D eigenvalue weighted by Gasteiger charge is 2.19. The molecule has 1 aromatic carbocycles. The number of nitrogens with zero attached hydrogens (tertiary/aromatic N) is 3. The van der Waals surface area contributed by atoms with Gasteiger partial charge in [-0.05, 0) is 32.9 Å². The Kier molecular flexibility index (Phi) is 11.0. The van der Waals surface area contributed by atoms with E-state index in [1.165, 1.54) is 0 Å². The Morgan fingerprint density at radius 3 is 2.33 bits per heavy atom. The second-order valence-corrected chi connectivity index (χ2v) is 7.64. The van der Waals surface area contributed by atoms with Crippen LogP contribution in [0.3, 0.4) is 0 Å². The van der Waals surface area contributed by atoms with Crippen LogP contribution in [0, 0.1) is 0 Å². The summed E-state index contributed by atoms with van der Waals surface area (Å²) in [6.45, 7) is 14.1. The number of piperazine rings is 1. The molecule has 0 spiro atoms. The van der Waals surface area contributed by atoms with Gasteiger partial charge in [-0.2, -0.15) is 0 Å². The number of guanidine groups is 1. The second kappa shape index (κ2) is 12.4. The minimum absolute atomic E-state index is 0. The maximum absolute atomic E-state index is 5.80. The van der Waals surface area contributed by atoms with E-state index in [2.05, 4.69) is 46.2 Å². The summed E-state index contributed by atoms with van der Waals surface area (Å²) >= 11 is 0. The number of rotatable bonds is 7. The Morgan fingerprint density at radius 2 is 1.74 bits per heavy atom. The van der Waals surface area contributed by atoms with E-state index < -0.39 is 0 Å². The normalized spacial score (nSPS) is 16.0. The average molecular weight is 489 g/mol. The Bertz CT molecular complexity index is 539. The first-order valence-electron chi connectivity index (χ1n) is 9.59. The Morgan fingerprint density at radius 1 is 1.07 bits per heavy atom. The summed E-state index contributed by atoms with van der Waals surface area (Å²) in [7, 11) is 1.86. The third-order valence-corrected chi connectivity index (χ3v) is 4.37. The topological polar surface area (TPSA) is 52.1 Å². The monoisotopic (exact) mass is 489 g/mol. The number of aliphatic imine (C=N–C) groups is 1. The van der Waals surface area contributed by atoms with Crippen LogP contribution in [-0.4, -0.2) is 80.8 Å². The van der Waals surface area contributed by atoms with Crippen LogP contribution in [0.4, 0.5) is 0 Å². The zero-order valence-corrected chi connectivity index (χ0v) is 19.5. The fourth-order valence-corrected chi connectivity index (χ4v) is 2.94. The molecule has 1 aromatic rings. The van der Waals surface area contributed by atoms with E-state index in [1.54, 1.807) is 0 Å². The molecule has 0 aromatic heterocycles. The predicted molar refractivity (Wildman–Crippen MR) is 124 cm³/mol. The van der Waals surface area contributed by atoms with Crippen LogP contribution in [0.15, 0.2) is 35.3 Å². The predicted octanol–water partition coefficient (Wildman–Crippen LogP) is 2.26. The fraction of sp³-hybridized carbons (Fsp3) is 0.650. The molecule has 0 aliphatic carbocycles. The molecular formula is C20H36IN5O. The first-order valence-corrected chi connectivity index (χ1v) is 9.59. The van der Waals surface area contributed by atoms with Crippen LogP contribution >= 0.6 is 24.0 Å². The summed E-state index contributed by atoms with van der Waals surface area (Å²) in [5, 5.41) is 6.95. The van der Waals surface area contributed by atoms with Crippen LogP contribution < -0.4 is 15.4 Å². The van der Waals surface area contributed by atoms with Gasteiger partial charge < -0.3 is 20.3 Å². The van der Waals surface area contributed by atoms with Crippen LogP contribution in [0.5, 0.6) is 5.75 Å². The van der Waals surface area contributed by atoms with E-state index in [0.717, 1.165) is 64.1 Å². The molecule has 1 aliphatic rings. The summed E-state index contributed by atoms with van der Waals surface area (Å²) < 4.78 is 5.80. The Hall–Kier alpha value is -1.06. The number of hydrogen-bond acceptors (Lipinski definition) is 4. The molecule has 0 amide bonds. The lowest BCUT2D eigenvalue weighted by Crippen LogP contribution is -2.54. The van der Waals surface area contributed by atoms with E-state index in [9.17, 15) is 0 Å². The lowest BCUT2D eigenvalue weighted by molar-refractivity contribution is 0.152. The lowest BCUT2D eigenvalue weighted by Gasteiger charge is -2.36. The van der Waals surface area contributed by atoms with Gasteiger partial charge in [-0.25, -0.2) is 0 Å². The van der Waals surface area contributed by atoms with Gasteiger partial charge in [0.25, 0.3) is 0 Å². The number of halogens is 1. The van der Waals surface area contributed by atoms with Crippen molar-refractivity contribution in [1.29, 1.82) is 0 Å². The largest absolute Gasteiger partial charge is 0.492 e. The molecule has 154 valence electrons. The zero-order valence-electron chi connectivity index (χ0n) is 17.2. The molecule has 0 atom stereocenters. The van der Waals surface area contributed by atoms with Crippen molar-refractivity contribution < 1.29 is 4.74 Å². The molecule has 1 heterocycles. The quantitative estimate of drug-likeness (QED) is 0.267. The number of benzene rings is 1. The van der Waals surface area contributed by atoms with Gasteiger partial charge in [0.1, 0.15) is 12.4 Å². The molecule has 0 unspecified atom stereocenters. The maximum atomic E-state index is 5.80. The molecule has 27 heavy (non-hydrogen) atoms. The molecular weight excluding hydrogens is 453 g/mol. The van der Waals surface area contributed by atoms with Crippen molar-refractivity contribution >= 4 is 29.9 Å². The van der Waals surface area contributed by atoms with Crippen LogP contribution in [-0.2, 0) is 0 Å². The first kappa shape index (κ1) is 24.0. The highest BCUT2D eigenvalue weighted by atomic mass is 127. The lowest BCUT2D eigenvalue weighted by atomic mass is 10.1. The molecule has 2 rings (SSSR count). The minimum atomic E-state index is 0. The summed E-state index contributed by atoms with van der Waals surface area (Å²) in [5.74, 6) is 1.94. The van der Waals surface area contributed by atoms with E-state index in [-0.39, 0.29) is 29.5 Å². The van der Waals surface area contributed by atoms with Gasteiger partial charge in [0.05, 0.1) is 0 Å². The van der Waals surface area contributed by atoms with Crippen molar-refractivity contribution in [2.45, 2.75) is 26.3 Å². The van der Waals surface area contributed by atoms with Crippen molar-refractivity contribution in [2.75, 3.05) is 59.5 Å². The van der Waals surface area contributed by atoms with Crippen LogP contribution in [0.1, 0.15) is 20.8 Å². The summed E-state index contributed by atoms with van der Waals surface area (Å²) in [6.07, 6.45) is 0. The molecule has 1 saturated heterocycles. The molecule has 0 saturated carbocycles. The molecule has 2 N–H and O–H groups in total. The standard InChI is InChI=1S/C20H35N5O.HI/c1-20(2,3)23-11-10-22-19(21-4)25-14-12-24(13-15-25)16-17-26-18-8-6-5-7-9-18;/h5-9,23H,10-17H2,1-4H3,(H,21,22);1H. The first-order chi connectivity index (χ1) is 12.5. The molecule has 6 nitrogen and oxygen atoms in total. The van der Waals surface area contributed by atoms with Gasteiger partial charge in [-0.15, -0.1) is 24.0 Å². The summed E-state index contributed by atoms with van der Waals surface area (Å²) in [6, 6.07) is 10.0. The van der Waals surface area contributed by atoms with Crippen molar-refractivity contribution in [3.8, 4) is 5.75 Å². The summed E-state index contributed by atoms with van der Waals surface area (Å²) in [5.41, 5.74) is 0.151. The van der Waals surface area contributed by atoms with E-state index in [4.69, 9.17) is 4.74 Å². The number of para-hydroxylation sites is 1. The molecule has 0 radical (unpaired) electrons. The van der Waals surface area contributed by atoms with Crippen LogP contribution in [0.2, 0.25) is 0 Å². The SMILES string of the molecule is CN=C(NCCNC(C)(C)C)N1CCN(CCOc2ccccc2)CC1.I. The van der Waals surface area contributed by atoms with Gasteiger partial charge in [0.15, 0.2) is 5.96 Å². The number of hydrogen-bond donors (Lipinski definition) is 2. The van der Waals surface area contributed by atoms with Gasteiger partial charge >= 0.3 is 0 Å². The van der Waals surface area contributed by atoms with Gasteiger partial charge in [0, 0.05) is 58.4 Å². The minimum Gasteiger partial charge on any atom is -0.492 e. The van der Waals surface area contributed by atoms with Gasteiger partial charge in [-0.3, -0.25) is 9.89 Å². The highest BCUT2D eigenvalue weighted by molar-refractivity contribution is 14.0. The second-order valence-electron chi connectivity index (χ2n) is 7.64. The maximum Gasteiger partial charge on any atom is 0.193 e. The van der Waals surface area contributed by atoms with E-state index in [0.29, 0.717) is 0 Å². The third-order valence-electron chi connectivity index (χ3n) is 4.37. The zero-order chi connectivity index (χ0) is 18.8. The highest BCUT2D eigenvalue weighted by Crippen LogP contribution is 2.08. The van der Waals surface area contributed by atoms with Crippen LogP contribution in [0.25, 0.3) is 0 Å².